The van der Waals surface area contributed by atoms with Crippen molar-refractivity contribution in [3.63, 3.8) is 0 Å². The smallest absolute Gasteiger partial charge is 0.780 e. The van der Waals surface area contributed by atoms with Crippen LogP contribution in [-0.4, -0.2) is 24.3 Å². The van der Waals surface area contributed by atoms with Gasteiger partial charge in [-0.1, -0.05) is 39.5 Å². The van der Waals surface area contributed by atoms with Crippen molar-refractivity contribution < 1.29 is 83.4 Å². The van der Waals surface area contributed by atoms with Crippen LogP contribution in [0.5, 0.6) is 0 Å². The molecular weight excluding hydrogens is 262 g/mol. The summed E-state index contributed by atoms with van der Waals surface area (Å²) in [5, 5.41) is 0. The Morgan fingerprint density at radius 3 is 1.20 bits per heavy atom. The van der Waals surface area contributed by atoms with Gasteiger partial charge in [0.05, 0.1) is 0 Å². The minimum absolute atomic E-state index is 0. The van der Waals surface area contributed by atoms with E-state index in [0.29, 0.717) is 0 Å². The van der Waals surface area contributed by atoms with Crippen LogP contribution in [0.15, 0.2) is 0 Å². The molecule has 0 aromatic heterocycles. The van der Waals surface area contributed by atoms with Crippen LogP contribution in [0.1, 0.15) is 39.5 Å². The molecule has 0 aromatic rings. The van der Waals surface area contributed by atoms with Crippen LogP contribution < -0.4 is 59.1 Å². The molecule has 86 valence electrons. The predicted octanol–water partition coefficient (Wildman–Crippen LogP) is -6.06. The van der Waals surface area contributed by atoms with Crippen molar-refractivity contribution in [1.29, 1.82) is 0 Å². The second kappa shape index (κ2) is 25.2. The molecule has 0 fully saturated rings. The topological polar surface area (TPSA) is 126 Å². The van der Waals surface area contributed by atoms with E-state index in [1.54, 1.807) is 0 Å². The van der Waals surface area contributed by atoms with Crippen molar-refractivity contribution in [3.05, 3.63) is 0 Å². The van der Waals surface area contributed by atoms with Gasteiger partial charge in [0.1, 0.15) is 0 Å². The van der Waals surface area contributed by atoms with E-state index in [1.807, 2.05) is 0 Å². The maximum atomic E-state index is 8.89. The van der Waals surface area contributed by atoms with Crippen LogP contribution in [0.3, 0.4) is 0 Å². The van der Waals surface area contributed by atoms with Gasteiger partial charge >= 0.3 is 59.1 Å². The van der Waals surface area contributed by atoms with Crippen LogP contribution in [-0.2, 0) is 20.2 Å². The largest absolute Gasteiger partial charge is 1.00 e. The Bertz CT molecular complexity index is 151. The summed E-state index contributed by atoms with van der Waals surface area (Å²) in [5.74, 6) is 0. The third kappa shape index (κ3) is 121. The molecule has 0 atom stereocenters. The molecule has 0 bridgehead atoms. The van der Waals surface area contributed by atoms with E-state index in [1.165, 1.54) is 25.7 Å². The Morgan fingerprint density at radius 2 is 1.13 bits per heavy atom. The van der Waals surface area contributed by atoms with E-state index in [9.17, 15) is 0 Å². The van der Waals surface area contributed by atoms with Crippen molar-refractivity contribution in [3.8, 4) is 0 Å². The zero-order valence-electron chi connectivity index (χ0n) is 9.87. The van der Waals surface area contributed by atoms with Crippen LogP contribution in [0.25, 0.3) is 0 Å². The van der Waals surface area contributed by atoms with Crippen LogP contribution in [0.2, 0.25) is 0 Å². The Morgan fingerprint density at radius 1 is 1.00 bits per heavy atom. The third-order valence-electron chi connectivity index (χ3n) is 0.957. The molecule has 4 N–H and O–H groups in total. The first-order valence-electron chi connectivity index (χ1n) is 3.58. The summed E-state index contributed by atoms with van der Waals surface area (Å²) >= 11 is 3.24. The molecule has 5 nitrogen and oxygen atoms in total. The summed E-state index contributed by atoms with van der Waals surface area (Å²) in [5.41, 5.74) is 0. The van der Waals surface area contributed by atoms with Gasteiger partial charge in [-0.05, 0) is 11.2 Å². The predicted molar refractivity (Wildman–Crippen MR) is 54.1 cm³/mol. The van der Waals surface area contributed by atoms with Gasteiger partial charge in [-0.3, -0.25) is 4.21 Å². The molecule has 0 spiro atoms. The molecule has 0 unspecified atom stereocenters. The Hall–Kier alpha value is 2.21. The SMILES string of the molecule is CCCCCC.O.O.O=S([O-])([O-])=S.[Na+].[Na+]. The van der Waals surface area contributed by atoms with Crippen molar-refractivity contribution in [2.24, 2.45) is 0 Å². The molecule has 0 saturated carbocycles. The van der Waals surface area contributed by atoms with Gasteiger partial charge in [0.25, 0.3) is 0 Å². The Labute approximate surface area is 141 Å². The fourth-order valence-corrected chi connectivity index (χ4v) is 0.500. The molecule has 0 rings (SSSR count). The first-order chi connectivity index (χ1) is 4.91. The van der Waals surface area contributed by atoms with Crippen molar-refractivity contribution in [2.75, 3.05) is 0 Å². The molecule has 0 aliphatic heterocycles. The van der Waals surface area contributed by atoms with E-state index in [2.05, 4.69) is 25.0 Å². The van der Waals surface area contributed by atoms with Crippen molar-refractivity contribution in [2.45, 2.75) is 39.5 Å². The normalized spacial score (nSPS) is 7.47. The molecule has 0 saturated heterocycles. The zero-order chi connectivity index (χ0) is 9.33. The molecule has 0 aromatic carbocycles. The fourth-order valence-electron chi connectivity index (χ4n) is 0.500. The van der Waals surface area contributed by atoms with Crippen molar-refractivity contribution >= 4 is 20.2 Å². The summed E-state index contributed by atoms with van der Waals surface area (Å²) in [6.45, 7) is 4.46. The Kier molecular flexibility index (Phi) is 60.3. The zero-order valence-corrected chi connectivity index (χ0v) is 15.5. The fraction of sp³-hybridized carbons (Fsp3) is 1.00. The molecule has 9 heteroatoms. The maximum absolute atomic E-state index is 8.89. The molecule has 15 heavy (non-hydrogen) atoms. The summed E-state index contributed by atoms with van der Waals surface area (Å²) in [7, 11) is -4.33. The summed E-state index contributed by atoms with van der Waals surface area (Å²) in [6, 6.07) is 0. The van der Waals surface area contributed by atoms with Crippen LogP contribution >= 0.6 is 0 Å². The second-order valence-corrected chi connectivity index (χ2v) is 4.16. The van der Waals surface area contributed by atoms with Gasteiger partial charge in [0.15, 0.2) is 0 Å². The standard InChI is InChI=1S/C6H14.2Na.H2O3S2.2H2O/c1-3-5-6-4-2;;;1-5(2,3)4;;/h3-6H2,1-2H3;;;(H2,1,2,3,4);2*1H2/q;2*+1;;;/p-2. The average molecular weight is 280 g/mol. The minimum Gasteiger partial charge on any atom is -0.780 e. The maximum Gasteiger partial charge on any atom is 1.00 e. The van der Waals surface area contributed by atoms with Crippen LogP contribution in [0.4, 0.5) is 0 Å². The quantitative estimate of drug-likeness (QED) is 0.376. The number of hydrogen-bond donors (Lipinski definition) is 0. The van der Waals surface area contributed by atoms with Gasteiger partial charge in [0, 0.05) is 0 Å². The monoisotopic (exact) mass is 280 g/mol. The van der Waals surface area contributed by atoms with E-state index < -0.39 is 9.05 Å². The van der Waals surface area contributed by atoms with Gasteiger partial charge in [0.2, 0.25) is 0 Å². The molecule has 0 amide bonds. The van der Waals surface area contributed by atoms with Crippen molar-refractivity contribution in [1.82, 2.24) is 0 Å². The first-order valence-corrected chi connectivity index (χ1v) is 5.91. The van der Waals surface area contributed by atoms with E-state index >= 15 is 0 Å². The second-order valence-electron chi connectivity index (χ2n) is 2.12. The average Bonchev–Trinajstić information content (AvgIpc) is 1.79. The Balaban J connectivity index is -0.0000000215. The molecule has 0 heterocycles. The minimum atomic E-state index is -4.33. The summed E-state index contributed by atoms with van der Waals surface area (Å²) < 4.78 is 26.7. The number of unbranched alkanes of at least 4 members (excludes halogenated alkanes) is 3. The van der Waals surface area contributed by atoms with E-state index in [4.69, 9.17) is 13.3 Å². The number of hydrogen-bond acceptors (Lipinski definition) is 4. The van der Waals surface area contributed by atoms with Gasteiger partial charge in [-0.25, -0.2) is 0 Å². The number of rotatable bonds is 3. The molecule has 0 radical (unpaired) electrons. The third-order valence-corrected chi connectivity index (χ3v) is 0.957. The molecule has 0 aliphatic carbocycles. The first kappa shape index (κ1) is 36.0. The van der Waals surface area contributed by atoms with Crippen LogP contribution in [0, 0.1) is 0 Å². The summed E-state index contributed by atoms with van der Waals surface area (Å²) in [4.78, 5) is 0. The van der Waals surface area contributed by atoms with Gasteiger partial charge < -0.3 is 20.1 Å². The molecule has 0 aliphatic rings. The van der Waals surface area contributed by atoms with Gasteiger partial charge in [-0.2, -0.15) is 0 Å². The molecular formula is C6H18Na2O5S2. The van der Waals surface area contributed by atoms with Gasteiger partial charge in [-0.15, -0.1) is 9.05 Å². The summed E-state index contributed by atoms with van der Waals surface area (Å²) in [6.07, 6.45) is 5.54. The van der Waals surface area contributed by atoms with E-state index in [-0.39, 0.29) is 70.1 Å². The van der Waals surface area contributed by atoms with E-state index in [0.717, 1.165) is 0 Å².